The Kier molecular flexibility index (Phi) is 3.72. The molecule has 3 aliphatic rings. The van der Waals surface area contributed by atoms with Gasteiger partial charge in [0.25, 0.3) is 11.8 Å². The molecule has 1 heterocycles. The fraction of sp³-hybridized carbons (Fsp3) is 0.750. The molecule has 3 heteroatoms. The van der Waals surface area contributed by atoms with Crippen LogP contribution in [0, 0.1) is 17.8 Å². The summed E-state index contributed by atoms with van der Waals surface area (Å²) in [6, 6.07) is 0. The highest BCUT2D eigenvalue weighted by Gasteiger charge is 2.30. The predicted octanol–water partition coefficient (Wildman–Crippen LogP) is 2.91. The molecule has 3 rings (SSSR count). The van der Waals surface area contributed by atoms with E-state index in [4.69, 9.17) is 0 Å². The van der Waals surface area contributed by atoms with Gasteiger partial charge in [-0.15, -0.1) is 0 Å². The van der Waals surface area contributed by atoms with Crippen molar-refractivity contribution in [3.8, 4) is 0 Å². The molecule has 0 spiro atoms. The van der Waals surface area contributed by atoms with Crippen LogP contribution in [-0.2, 0) is 9.59 Å². The van der Waals surface area contributed by atoms with Gasteiger partial charge in [0.05, 0.1) is 0 Å². The maximum absolute atomic E-state index is 11.5. The van der Waals surface area contributed by atoms with Gasteiger partial charge in [-0.2, -0.15) is 0 Å². The van der Waals surface area contributed by atoms with Crippen molar-refractivity contribution >= 4 is 11.8 Å². The molecule has 2 atom stereocenters. The molecule has 0 aromatic rings. The van der Waals surface area contributed by atoms with Crippen LogP contribution in [0.3, 0.4) is 0 Å². The molecule has 2 fully saturated rings. The van der Waals surface area contributed by atoms with Crippen LogP contribution in [0.4, 0.5) is 0 Å². The number of nitrogens with zero attached hydrogens (tertiary/aromatic N) is 1. The summed E-state index contributed by atoms with van der Waals surface area (Å²) in [6.45, 7) is 0.617. The Morgan fingerprint density at radius 2 is 1.63 bits per heavy atom. The Hall–Kier alpha value is -1.12. The van der Waals surface area contributed by atoms with Crippen LogP contribution in [0.25, 0.3) is 0 Å². The van der Waals surface area contributed by atoms with Gasteiger partial charge in [0.2, 0.25) is 0 Å². The van der Waals surface area contributed by atoms with Crippen molar-refractivity contribution in [2.24, 2.45) is 17.8 Å². The zero-order valence-corrected chi connectivity index (χ0v) is 11.5. The molecule has 0 N–H and O–H groups in total. The Bertz CT molecular complexity index is 380. The Balaban J connectivity index is 1.39. The summed E-state index contributed by atoms with van der Waals surface area (Å²) < 4.78 is 0. The first-order valence-electron chi connectivity index (χ1n) is 7.76. The molecule has 2 aliphatic carbocycles. The second kappa shape index (κ2) is 5.48. The fourth-order valence-corrected chi connectivity index (χ4v) is 3.82. The zero-order chi connectivity index (χ0) is 13.2. The van der Waals surface area contributed by atoms with Gasteiger partial charge < -0.3 is 0 Å². The van der Waals surface area contributed by atoms with Crippen molar-refractivity contribution < 1.29 is 9.59 Å². The highest BCUT2D eigenvalue weighted by atomic mass is 16.2. The van der Waals surface area contributed by atoms with E-state index in [0.717, 1.165) is 24.2 Å². The third kappa shape index (κ3) is 2.90. The zero-order valence-electron chi connectivity index (χ0n) is 11.5. The lowest BCUT2D eigenvalue weighted by Gasteiger charge is -2.28. The minimum Gasteiger partial charge on any atom is -0.275 e. The van der Waals surface area contributed by atoms with E-state index in [2.05, 4.69) is 0 Å². The first-order valence-corrected chi connectivity index (χ1v) is 7.76. The summed E-state index contributed by atoms with van der Waals surface area (Å²) in [7, 11) is 0. The lowest BCUT2D eigenvalue weighted by atomic mass is 9.78. The molecule has 0 bridgehead atoms. The number of carbonyl (C=O) groups is 2. The van der Waals surface area contributed by atoms with E-state index in [-0.39, 0.29) is 11.8 Å². The lowest BCUT2D eigenvalue weighted by Crippen LogP contribution is -2.31. The van der Waals surface area contributed by atoms with E-state index in [9.17, 15) is 9.59 Å². The molecule has 0 radical (unpaired) electrons. The monoisotopic (exact) mass is 261 g/mol. The van der Waals surface area contributed by atoms with Crippen molar-refractivity contribution in [3.05, 3.63) is 12.2 Å². The van der Waals surface area contributed by atoms with Crippen molar-refractivity contribution in [2.45, 2.75) is 51.4 Å². The van der Waals surface area contributed by atoms with Gasteiger partial charge >= 0.3 is 0 Å². The number of imide groups is 1. The molecule has 0 saturated heterocycles. The molecular weight excluding hydrogens is 238 g/mol. The first kappa shape index (κ1) is 12.9. The van der Waals surface area contributed by atoms with E-state index in [1.54, 1.807) is 0 Å². The molecule has 2 amide bonds. The molecule has 19 heavy (non-hydrogen) atoms. The number of amides is 2. The number of hydrogen-bond donors (Lipinski definition) is 0. The molecular formula is C16H23NO2. The summed E-state index contributed by atoms with van der Waals surface area (Å²) in [4.78, 5) is 24.3. The SMILES string of the molecule is O=C1C=CC(=O)N1CCC1CCC(CC2CCC2)C1. The van der Waals surface area contributed by atoms with Gasteiger partial charge in [0.1, 0.15) is 0 Å². The van der Waals surface area contributed by atoms with Gasteiger partial charge in [-0.25, -0.2) is 0 Å². The van der Waals surface area contributed by atoms with Crippen molar-refractivity contribution in [1.29, 1.82) is 0 Å². The molecule has 1 aliphatic heterocycles. The van der Waals surface area contributed by atoms with Gasteiger partial charge in [0.15, 0.2) is 0 Å². The van der Waals surface area contributed by atoms with Crippen LogP contribution in [0.15, 0.2) is 12.2 Å². The third-order valence-electron chi connectivity index (χ3n) is 5.20. The summed E-state index contributed by atoms with van der Waals surface area (Å²) >= 11 is 0. The van der Waals surface area contributed by atoms with Gasteiger partial charge in [-0.1, -0.05) is 32.1 Å². The van der Waals surface area contributed by atoms with Gasteiger partial charge in [0, 0.05) is 18.7 Å². The van der Waals surface area contributed by atoms with Crippen molar-refractivity contribution in [2.75, 3.05) is 6.54 Å². The average Bonchev–Trinajstić information content (AvgIpc) is 2.90. The number of rotatable bonds is 5. The van der Waals surface area contributed by atoms with Crippen LogP contribution in [0.5, 0.6) is 0 Å². The highest BCUT2D eigenvalue weighted by molar-refractivity contribution is 6.12. The maximum Gasteiger partial charge on any atom is 0.253 e. The van der Waals surface area contributed by atoms with E-state index >= 15 is 0 Å². The van der Waals surface area contributed by atoms with Crippen molar-refractivity contribution in [3.63, 3.8) is 0 Å². The Labute approximate surface area is 115 Å². The average molecular weight is 261 g/mol. The van der Waals surface area contributed by atoms with Crippen LogP contribution in [0.1, 0.15) is 51.4 Å². The molecule has 0 aromatic heterocycles. The second-order valence-electron chi connectivity index (χ2n) is 6.53. The minimum absolute atomic E-state index is 0.131. The van der Waals surface area contributed by atoms with Crippen molar-refractivity contribution in [1.82, 2.24) is 4.90 Å². The van der Waals surface area contributed by atoms with Crippen LogP contribution < -0.4 is 0 Å². The van der Waals surface area contributed by atoms with Gasteiger partial charge in [-0.05, 0) is 37.0 Å². The van der Waals surface area contributed by atoms with Crippen LogP contribution in [-0.4, -0.2) is 23.3 Å². The number of hydrogen-bond acceptors (Lipinski definition) is 2. The topological polar surface area (TPSA) is 37.4 Å². The summed E-state index contributed by atoms with van der Waals surface area (Å²) in [6.07, 6.45) is 13.5. The van der Waals surface area contributed by atoms with E-state index in [0.29, 0.717) is 6.54 Å². The van der Waals surface area contributed by atoms with E-state index < -0.39 is 0 Å². The quantitative estimate of drug-likeness (QED) is 0.714. The first-order chi connectivity index (χ1) is 9.22. The minimum atomic E-state index is -0.131. The normalized spacial score (nSPS) is 31.3. The Morgan fingerprint density at radius 3 is 2.26 bits per heavy atom. The standard InChI is InChI=1S/C16H23NO2/c18-15-6-7-16(19)17(15)9-8-13-4-5-14(11-13)10-12-2-1-3-12/h6-7,12-14H,1-5,8-11H2. The lowest BCUT2D eigenvalue weighted by molar-refractivity contribution is -0.136. The maximum atomic E-state index is 11.5. The fourth-order valence-electron chi connectivity index (χ4n) is 3.82. The molecule has 2 unspecified atom stereocenters. The molecule has 104 valence electrons. The Morgan fingerprint density at radius 1 is 0.947 bits per heavy atom. The van der Waals surface area contributed by atoms with Gasteiger partial charge in [-0.3, -0.25) is 14.5 Å². The highest BCUT2D eigenvalue weighted by Crippen LogP contribution is 2.41. The molecule has 0 aromatic carbocycles. The molecule has 2 saturated carbocycles. The van der Waals surface area contributed by atoms with E-state index in [1.165, 1.54) is 62.0 Å². The summed E-state index contributed by atoms with van der Waals surface area (Å²) in [5.41, 5.74) is 0. The van der Waals surface area contributed by atoms with E-state index in [1.807, 2.05) is 0 Å². The summed E-state index contributed by atoms with van der Waals surface area (Å²) in [5.74, 6) is 2.39. The smallest absolute Gasteiger partial charge is 0.253 e. The molecule has 3 nitrogen and oxygen atoms in total. The number of carbonyl (C=O) groups excluding carboxylic acids is 2. The summed E-state index contributed by atoms with van der Waals surface area (Å²) in [5, 5.41) is 0. The predicted molar refractivity (Wildman–Crippen MR) is 73.3 cm³/mol. The second-order valence-corrected chi connectivity index (χ2v) is 6.53. The van der Waals surface area contributed by atoms with Crippen LogP contribution in [0.2, 0.25) is 0 Å². The van der Waals surface area contributed by atoms with Crippen LogP contribution >= 0.6 is 0 Å². The third-order valence-corrected chi connectivity index (χ3v) is 5.20. The largest absolute Gasteiger partial charge is 0.275 e.